The van der Waals surface area contributed by atoms with Gasteiger partial charge in [0.2, 0.25) is 0 Å². The van der Waals surface area contributed by atoms with Crippen LogP contribution in [0.15, 0.2) is 36.7 Å². The quantitative estimate of drug-likeness (QED) is 0.319. The number of hydrogen-bond acceptors (Lipinski definition) is 8. The maximum Gasteiger partial charge on any atom is 0.433 e. The lowest BCUT2D eigenvalue weighted by molar-refractivity contribution is -0.165. The maximum atomic E-state index is 13.4. The van der Waals surface area contributed by atoms with Crippen molar-refractivity contribution in [2.45, 2.75) is 49.9 Å². The number of hydrogen-bond donors (Lipinski definition) is 4. The molecule has 0 radical (unpaired) electrons. The molecule has 40 heavy (non-hydrogen) atoms. The van der Waals surface area contributed by atoms with Crippen molar-refractivity contribution in [3.63, 3.8) is 0 Å². The number of aromatic nitrogens is 4. The van der Waals surface area contributed by atoms with Gasteiger partial charge in [-0.3, -0.25) is 4.90 Å². The molecule has 4 rings (SSSR count). The summed E-state index contributed by atoms with van der Waals surface area (Å²) in [5.74, 6) is -3.95. The third-order valence-electron chi connectivity index (χ3n) is 5.95. The first-order chi connectivity index (χ1) is 18.6. The molecule has 3 aromatic rings. The number of carbonyl (C=O) groups is 2. The molecular formula is C23H23F6N5O6. The normalized spacial score (nSPS) is 18.1. The third-order valence-corrected chi connectivity index (χ3v) is 5.95. The third kappa shape index (κ3) is 7.64. The van der Waals surface area contributed by atoms with Gasteiger partial charge in [0.25, 0.3) is 5.78 Å². The molecule has 1 aliphatic heterocycles. The van der Waals surface area contributed by atoms with Crippen LogP contribution in [-0.4, -0.2) is 82.1 Å². The maximum absolute atomic E-state index is 13.4. The summed E-state index contributed by atoms with van der Waals surface area (Å²) in [6.45, 7) is 1.32. The fourth-order valence-corrected chi connectivity index (χ4v) is 4.06. The van der Waals surface area contributed by atoms with E-state index in [0.717, 1.165) is 24.5 Å². The van der Waals surface area contributed by atoms with Gasteiger partial charge < -0.3 is 20.4 Å². The van der Waals surface area contributed by atoms with Crippen molar-refractivity contribution in [2.75, 3.05) is 13.1 Å². The molecule has 218 valence electrons. The molecule has 1 saturated heterocycles. The number of aliphatic hydroxyl groups is 2. The number of rotatable bonds is 6. The highest BCUT2D eigenvalue weighted by Gasteiger charge is 2.36. The van der Waals surface area contributed by atoms with E-state index in [-0.39, 0.29) is 23.9 Å². The lowest BCUT2D eigenvalue weighted by Crippen LogP contribution is -2.39. The Bertz CT molecular complexity index is 1330. The summed E-state index contributed by atoms with van der Waals surface area (Å²) in [6, 6.07) is 6.07. The number of likely N-dealkylation sites (tertiary alicyclic amines) is 1. The highest BCUT2D eigenvalue weighted by atomic mass is 19.4. The fraction of sp³-hybridized carbons (Fsp3) is 0.435. The van der Waals surface area contributed by atoms with E-state index in [0.29, 0.717) is 36.0 Å². The number of aliphatic carboxylic acids is 2. The summed E-state index contributed by atoms with van der Waals surface area (Å²) < 4.78 is 79.7. The second-order valence-corrected chi connectivity index (χ2v) is 8.87. The van der Waals surface area contributed by atoms with E-state index in [4.69, 9.17) is 20.4 Å². The molecule has 3 unspecified atom stereocenters. The first-order valence-electron chi connectivity index (χ1n) is 11.6. The van der Waals surface area contributed by atoms with Gasteiger partial charge in [0, 0.05) is 19.0 Å². The smallest absolute Gasteiger partial charge is 0.433 e. The van der Waals surface area contributed by atoms with Crippen LogP contribution in [0, 0.1) is 0 Å². The average molecular weight is 579 g/mol. The molecule has 1 fully saturated rings. The van der Waals surface area contributed by atoms with Gasteiger partial charge in [0.1, 0.15) is 6.33 Å². The molecule has 0 spiro atoms. The lowest BCUT2D eigenvalue weighted by Gasteiger charge is -2.32. The molecule has 0 bridgehead atoms. The summed E-state index contributed by atoms with van der Waals surface area (Å²) in [5, 5.41) is 36.1. The number of nitrogens with zero attached hydrogens (tertiary/aromatic N) is 5. The van der Waals surface area contributed by atoms with Crippen molar-refractivity contribution in [3.8, 4) is 0 Å². The summed E-state index contributed by atoms with van der Waals surface area (Å²) in [7, 11) is 0. The lowest BCUT2D eigenvalue weighted by atomic mass is 9.93. The van der Waals surface area contributed by atoms with Gasteiger partial charge in [-0.2, -0.15) is 40.9 Å². The monoisotopic (exact) mass is 579 g/mol. The van der Waals surface area contributed by atoms with E-state index >= 15 is 0 Å². The molecule has 3 atom stereocenters. The van der Waals surface area contributed by atoms with Crippen molar-refractivity contribution < 1.29 is 56.4 Å². The average Bonchev–Trinajstić information content (AvgIpc) is 3.35. The Hall–Kier alpha value is -3.83. The minimum absolute atomic E-state index is 0.130. The van der Waals surface area contributed by atoms with Crippen LogP contribution in [0.1, 0.15) is 41.3 Å². The van der Waals surface area contributed by atoms with Crippen LogP contribution in [0.3, 0.4) is 0 Å². The number of fused-ring (bicyclic) bond motifs is 1. The number of benzene rings is 1. The zero-order valence-electron chi connectivity index (χ0n) is 20.3. The van der Waals surface area contributed by atoms with E-state index in [1.807, 2.05) is 4.90 Å². The number of carboxylic acid groups (broad SMARTS) is 2. The zero-order chi connectivity index (χ0) is 29.8. The van der Waals surface area contributed by atoms with E-state index in [9.17, 15) is 35.9 Å². The van der Waals surface area contributed by atoms with Gasteiger partial charge in [-0.15, -0.1) is 0 Å². The molecular weight excluding hydrogens is 556 g/mol. The van der Waals surface area contributed by atoms with E-state index in [1.54, 1.807) is 6.07 Å². The van der Waals surface area contributed by atoms with Crippen LogP contribution in [0.5, 0.6) is 0 Å². The standard InChI is InChI=1S/C19H17F6N5.C4H6O6/c20-18(21,22)14-5-1-3-12(7-14)9-29-6-2-4-13(10-29)15-8-16(19(23,24)25)30-17(28-15)26-11-27-30;5-1(3(7)8)2(6)4(9)10/h1,3,5,7-8,11,13H,2,4,6,9-10H2;1-2,5-6H,(H,7,8)(H,9,10). The molecule has 0 aliphatic carbocycles. The van der Waals surface area contributed by atoms with Gasteiger partial charge in [0.15, 0.2) is 17.9 Å². The Morgan fingerprint density at radius 3 is 2.23 bits per heavy atom. The fourth-order valence-electron chi connectivity index (χ4n) is 4.06. The summed E-state index contributed by atoms with van der Waals surface area (Å²) in [5.41, 5.74) is -0.906. The molecule has 17 heteroatoms. The van der Waals surface area contributed by atoms with Gasteiger partial charge in [-0.25, -0.2) is 14.6 Å². The summed E-state index contributed by atoms with van der Waals surface area (Å²) in [6.07, 6.45) is -11.2. The number of carboxylic acids is 2. The van der Waals surface area contributed by atoms with Gasteiger partial charge in [-0.1, -0.05) is 18.2 Å². The number of alkyl halides is 6. The molecule has 11 nitrogen and oxygen atoms in total. The first kappa shape index (κ1) is 30.7. The number of aliphatic hydroxyl groups excluding tert-OH is 2. The van der Waals surface area contributed by atoms with Gasteiger partial charge in [-0.05, 0) is 37.1 Å². The second-order valence-electron chi connectivity index (χ2n) is 8.87. The minimum Gasteiger partial charge on any atom is -0.479 e. The van der Waals surface area contributed by atoms with Crippen molar-refractivity contribution in [2.24, 2.45) is 0 Å². The predicted molar refractivity (Wildman–Crippen MR) is 122 cm³/mol. The molecule has 3 heterocycles. The van der Waals surface area contributed by atoms with Crippen LogP contribution in [0.25, 0.3) is 5.78 Å². The van der Waals surface area contributed by atoms with Gasteiger partial charge >= 0.3 is 24.3 Å². The van der Waals surface area contributed by atoms with Crippen LogP contribution in [-0.2, 0) is 28.5 Å². The topological polar surface area (TPSA) is 161 Å². The van der Waals surface area contributed by atoms with E-state index in [2.05, 4.69) is 15.1 Å². The Balaban J connectivity index is 0.000000378. The Morgan fingerprint density at radius 2 is 1.65 bits per heavy atom. The van der Waals surface area contributed by atoms with Crippen molar-refractivity contribution >= 4 is 17.7 Å². The van der Waals surface area contributed by atoms with Crippen LogP contribution in [0.4, 0.5) is 26.3 Å². The van der Waals surface area contributed by atoms with Crippen molar-refractivity contribution in [1.82, 2.24) is 24.5 Å². The molecule has 2 aromatic heterocycles. The summed E-state index contributed by atoms with van der Waals surface area (Å²) in [4.78, 5) is 29.5. The molecule has 0 saturated carbocycles. The number of piperidine rings is 1. The zero-order valence-corrected chi connectivity index (χ0v) is 20.3. The summed E-state index contributed by atoms with van der Waals surface area (Å²) >= 11 is 0. The predicted octanol–water partition coefficient (Wildman–Crippen LogP) is 2.42. The highest BCUT2D eigenvalue weighted by Crippen LogP contribution is 2.34. The SMILES string of the molecule is FC(F)(F)c1cccc(CN2CCCC(c3cc(C(F)(F)F)n4ncnc4n3)C2)c1.O=C(O)C(O)C(O)C(=O)O. The molecule has 4 N–H and O–H groups in total. The second kappa shape index (κ2) is 12.1. The Kier molecular flexibility index (Phi) is 9.32. The molecule has 1 aliphatic rings. The Labute approximate surface area is 221 Å². The molecule has 1 aromatic carbocycles. The van der Waals surface area contributed by atoms with Crippen LogP contribution in [0.2, 0.25) is 0 Å². The Morgan fingerprint density at radius 1 is 1.00 bits per heavy atom. The minimum atomic E-state index is -4.62. The molecule has 0 amide bonds. The van der Waals surface area contributed by atoms with Crippen LogP contribution < -0.4 is 0 Å². The van der Waals surface area contributed by atoms with E-state index in [1.165, 1.54) is 6.07 Å². The highest BCUT2D eigenvalue weighted by molar-refractivity contribution is 5.83. The number of halogens is 6. The first-order valence-corrected chi connectivity index (χ1v) is 11.6. The largest absolute Gasteiger partial charge is 0.479 e. The van der Waals surface area contributed by atoms with E-state index < -0.39 is 47.8 Å². The van der Waals surface area contributed by atoms with Crippen molar-refractivity contribution in [1.29, 1.82) is 0 Å². The van der Waals surface area contributed by atoms with Crippen LogP contribution >= 0.6 is 0 Å². The van der Waals surface area contributed by atoms with Crippen molar-refractivity contribution in [3.05, 3.63) is 59.2 Å². The van der Waals surface area contributed by atoms with Gasteiger partial charge in [0.05, 0.1) is 11.3 Å².